The molecule has 148 valence electrons. The Bertz CT molecular complexity index is 1060. The summed E-state index contributed by atoms with van der Waals surface area (Å²) in [4.78, 5) is 29.7. The lowest BCUT2D eigenvalue weighted by Gasteiger charge is -2.10. The fourth-order valence-corrected chi connectivity index (χ4v) is 4.57. The molecule has 28 heavy (non-hydrogen) atoms. The Kier molecular flexibility index (Phi) is 6.51. The van der Waals surface area contributed by atoms with E-state index in [1.807, 2.05) is 32.0 Å². The van der Waals surface area contributed by atoms with Crippen LogP contribution in [0, 0.1) is 19.8 Å². The van der Waals surface area contributed by atoms with Crippen LogP contribution in [0.25, 0.3) is 4.96 Å². The monoisotopic (exact) mass is 416 g/mol. The number of nitrogens with one attached hydrogen (secondary N) is 1. The van der Waals surface area contributed by atoms with Crippen LogP contribution in [0.2, 0.25) is 0 Å². The molecule has 3 aromatic rings. The minimum Gasteiger partial charge on any atom is -0.325 e. The Morgan fingerprint density at radius 3 is 2.86 bits per heavy atom. The van der Waals surface area contributed by atoms with Gasteiger partial charge in [-0.1, -0.05) is 37.3 Å². The Hall–Kier alpha value is -2.19. The highest BCUT2D eigenvalue weighted by atomic mass is 32.2. The fraction of sp³-hybridized carbons (Fsp3) is 0.400. The lowest BCUT2D eigenvalue weighted by molar-refractivity contribution is -0.113. The number of aryl methyl sites for hydroxylation is 1. The van der Waals surface area contributed by atoms with Crippen molar-refractivity contribution in [3.05, 3.63) is 56.4 Å². The Balaban J connectivity index is 1.61. The van der Waals surface area contributed by atoms with E-state index in [1.54, 1.807) is 0 Å². The van der Waals surface area contributed by atoms with Gasteiger partial charge in [-0.15, -0.1) is 11.8 Å². The maximum absolute atomic E-state index is 12.3. The van der Waals surface area contributed by atoms with E-state index in [0.717, 1.165) is 28.2 Å². The summed E-state index contributed by atoms with van der Waals surface area (Å²) in [5, 5.41) is 8.21. The van der Waals surface area contributed by atoms with Gasteiger partial charge < -0.3 is 5.32 Å². The largest absolute Gasteiger partial charge is 0.325 e. The van der Waals surface area contributed by atoms with Gasteiger partial charge in [0.05, 0.1) is 11.4 Å². The molecular formula is C20H24N4O2S2. The zero-order valence-electron chi connectivity index (χ0n) is 16.5. The first kappa shape index (κ1) is 20.5. The fourth-order valence-electron chi connectivity index (χ4n) is 2.72. The number of hydrogen-bond donors (Lipinski definition) is 1. The molecule has 0 saturated carbocycles. The van der Waals surface area contributed by atoms with Crippen molar-refractivity contribution < 1.29 is 4.79 Å². The maximum atomic E-state index is 12.3. The first-order valence-corrected chi connectivity index (χ1v) is 11.1. The molecule has 0 radical (unpaired) electrons. The van der Waals surface area contributed by atoms with Crippen molar-refractivity contribution in [3.63, 3.8) is 0 Å². The van der Waals surface area contributed by atoms with Crippen molar-refractivity contribution in [1.82, 2.24) is 14.6 Å². The second-order valence-electron chi connectivity index (χ2n) is 7.16. The van der Waals surface area contributed by atoms with Crippen molar-refractivity contribution in [2.75, 3.05) is 11.1 Å². The van der Waals surface area contributed by atoms with E-state index in [1.165, 1.54) is 33.7 Å². The van der Waals surface area contributed by atoms with Crippen molar-refractivity contribution in [1.29, 1.82) is 0 Å². The summed E-state index contributed by atoms with van der Waals surface area (Å²) in [7, 11) is 0. The van der Waals surface area contributed by atoms with E-state index >= 15 is 0 Å². The smallest absolute Gasteiger partial charge is 0.275 e. The van der Waals surface area contributed by atoms with Gasteiger partial charge in [0.25, 0.3) is 5.56 Å². The molecule has 0 atom stereocenters. The molecule has 0 aliphatic heterocycles. The van der Waals surface area contributed by atoms with Gasteiger partial charge in [0.15, 0.2) is 0 Å². The number of amides is 1. The summed E-state index contributed by atoms with van der Waals surface area (Å²) in [6.07, 6.45) is 0.829. The van der Waals surface area contributed by atoms with E-state index in [2.05, 4.69) is 29.2 Å². The van der Waals surface area contributed by atoms with Crippen LogP contribution in [0.5, 0.6) is 0 Å². The summed E-state index contributed by atoms with van der Waals surface area (Å²) in [5.74, 6) is 1.22. The molecule has 0 spiro atoms. The van der Waals surface area contributed by atoms with Crippen LogP contribution < -0.4 is 10.9 Å². The molecule has 3 rings (SSSR count). The Morgan fingerprint density at radius 1 is 1.32 bits per heavy atom. The highest BCUT2D eigenvalue weighted by Crippen LogP contribution is 2.19. The summed E-state index contributed by atoms with van der Waals surface area (Å²) < 4.78 is 1.36. The number of hydrogen-bond acceptors (Lipinski definition) is 6. The molecule has 0 saturated heterocycles. The van der Waals surface area contributed by atoms with E-state index < -0.39 is 0 Å². The van der Waals surface area contributed by atoms with Crippen molar-refractivity contribution in [2.45, 2.75) is 39.9 Å². The topological polar surface area (TPSA) is 76.4 Å². The molecule has 8 heteroatoms. The Morgan fingerprint density at radius 2 is 2.11 bits per heavy atom. The molecule has 1 aromatic carbocycles. The van der Waals surface area contributed by atoms with Gasteiger partial charge in [0.2, 0.25) is 10.9 Å². The lowest BCUT2D eigenvalue weighted by Crippen LogP contribution is -2.17. The Labute approximate surface area is 172 Å². The molecule has 1 N–H and O–H groups in total. The predicted octanol–water partition coefficient (Wildman–Crippen LogP) is 3.84. The van der Waals surface area contributed by atoms with Crippen molar-refractivity contribution in [2.24, 2.45) is 5.92 Å². The van der Waals surface area contributed by atoms with Gasteiger partial charge in [-0.3, -0.25) is 9.59 Å². The van der Waals surface area contributed by atoms with Gasteiger partial charge >= 0.3 is 0 Å². The minimum atomic E-state index is -0.174. The van der Waals surface area contributed by atoms with Crippen LogP contribution in [0.15, 0.2) is 29.1 Å². The number of thioether (sulfide) groups is 1. The van der Waals surface area contributed by atoms with Crippen molar-refractivity contribution >= 4 is 39.7 Å². The predicted molar refractivity (Wildman–Crippen MR) is 116 cm³/mol. The first-order valence-electron chi connectivity index (χ1n) is 9.16. The number of rotatable bonds is 7. The van der Waals surface area contributed by atoms with E-state index in [0.29, 0.717) is 28.1 Å². The molecule has 6 nitrogen and oxygen atoms in total. The standard InChI is InChI=1S/C20H24N4O2S2/c1-12(2)8-18-23-24-19(26)9-15(21-20(24)28-18)10-27-11-17(25)22-16-7-5-6-13(3)14(16)4/h5-7,9,12H,8,10-11H2,1-4H3,(H,22,25). The van der Waals surface area contributed by atoms with Crippen LogP contribution in [0.1, 0.15) is 35.7 Å². The van der Waals surface area contributed by atoms with Gasteiger partial charge in [-0.25, -0.2) is 4.98 Å². The number of aromatic nitrogens is 3. The molecule has 1 amide bonds. The van der Waals surface area contributed by atoms with Crippen LogP contribution in [-0.4, -0.2) is 26.3 Å². The summed E-state index contributed by atoms with van der Waals surface area (Å²) in [5.41, 5.74) is 3.56. The minimum absolute atomic E-state index is 0.0616. The summed E-state index contributed by atoms with van der Waals surface area (Å²) >= 11 is 2.89. The van der Waals surface area contributed by atoms with Crippen LogP contribution in [0.3, 0.4) is 0 Å². The average molecular weight is 417 g/mol. The molecule has 0 aliphatic carbocycles. The SMILES string of the molecule is Cc1cccc(NC(=O)CSCc2cc(=O)n3nc(CC(C)C)sc3n2)c1C. The van der Waals surface area contributed by atoms with Gasteiger partial charge in [-0.2, -0.15) is 9.61 Å². The molecular weight excluding hydrogens is 392 g/mol. The van der Waals surface area contributed by atoms with E-state index in [-0.39, 0.29) is 11.5 Å². The molecule has 0 unspecified atom stereocenters. The number of carbonyl (C=O) groups is 1. The van der Waals surface area contributed by atoms with Crippen LogP contribution >= 0.6 is 23.1 Å². The molecule has 0 aliphatic rings. The normalized spacial score (nSPS) is 11.3. The average Bonchev–Trinajstić information content (AvgIpc) is 3.01. The van der Waals surface area contributed by atoms with Crippen LogP contribution in [0.4, 0.5) is 5.69 Å². The van der Waals surface area contributed by atoms with Gasteiger partial charge in [0, 0.05) is 23.9 Å². The van der Waals surface area contributed by atoms with E-state index in [9.17, 15) is 9.59 Å². The zero-order chi connectivity index (χ0) is 20.3. The third-order valence-corrected chi connectivity index (χ3v) is 6.18. The molecule has 0 bridgehead atoms. The molecule has 2 aromatic heterocycles. The molecule has 2 heterocycles. The summed E-state index contributed by atoms with van der Waals surface area (Å²) in [6, 6.07) is 7.35. The van der Waals surface area contributed by atoms with Gasteiger partial charge in [0.1, 0.15) is 5.01 Å². The maximum Gasteiger partial charge on any atom is 0.275 e. The van der Waals surface area contributed by atoms with Crippen LogP contribution in [-0.2, 0) is 17.0 Å². The number of nitrogens with zero attached hydrogens (tertiary/aromatic N) is 3. The third-order valence-electron chi connectivity index (χ3n) is 4.28. The van der Waals surface area contributed by atoms with E-state index in [4.69, 9.17) is 0 Å². The number of fused-ring (bicyclic) bond motifs is 1. The lowest BCUT2D eigenvalue weighted by atomic mass is 10.1. The first-order chi connectivity index (χ1) is 13.3. The third kappa shape index (κ3) is 4.99. The van der Waals surface area contributed by atoms with Gasteiger partial charge in [-0.05, 0) is 37.0 Å². The zero-order valence-corrected chi connectivity index (χ0v) is 18.1. The van der Waals surface area contributed by atoms with Crippen molar-refractivity contribution in [3.8, 4) is 0 Å². The highest BCUT2D eigenvalue weighted by molar-refractivity contribution is 7.99. The second-order valence-corrected chi connectivity index (χ2v) is 9.19. The summed E-state index contributed by atoms with van der Waals surface area (Å²) in [6.45, 7) is 8.25. The highest BCUT2D eigenvalue weighted by Gasteiger charge is 2.11. The second kappa shape index (κ2) is 8.87. The number of carbonyl (C=O) groups excluding carboxylic acids is 1. The quantitative estimate of drug-likeness (QED) is 0.633. The number of benzene rings is 1. The molecule has 0 fully saturated rings. The number of anilines is 1.